The first kappa shape index (κ1) is 19.0. The summed E-state index contributed by atoms with van der Waals surface area (Å²) in [5.74, 6) is 7.12. The Balaban J connectivity index is 1.59. The zero-order valence-electron chi connectivity index (χ0n) is 16.6. The summed E-state index contributed by atoms with van der Waals surface area (Å²) in [5, 5.41) is 0. The van der Waals surface area contributed by atoms with E-state index in [1.165, 1.54) is 76.3 Å². The van der Waals surface area contributed by atoms with Crippen LogP contribution in [0.4, 0.5) is 0 Å². The van der Waals surface area contributed by atoms with Gasteiger partial charge in [-0.1, -0.05) is 56.4 Å². The second kappa shape index (κ2) is 9.79. The van der Waals surface area contributed by atoms with Crippen LogP contribution in [0.5, 0.6) is 0 Å². The minimum Gasteiger partial charge on any atom is -0.297 e. The molecule has 0 aromatic rings. The molecular weight excluding hydrogens is 304 g/mol. The van der Waals surface area contributed by atoms with E-state index in [1.54, 1.807) is 0 Å². The molecule has 0 aromatic heterocycles. The summed E-state index contributed by atoms with van der Waals surface area (Å²) in [5.41, 5.74) is 1.38. The van der Waals surface area contributed by atoms with E-state index >= 15 is 0 Å². The molecule has 0 bridgehead atoms. The molecule has 2 aliphatic carbocycles. The third-order valence-electron chi connectivity index (χ3n) is 6.57. The van der Waals surface area contributed by atoms with Crippen LogP contribution in [0.15, 0.2) is 11.6 Å². The van der Waals surface area contributed by atoms with Crippen molar-refractivity contribution in [3.8, 4) is 11.8 Å². The number of rotatable bonds is 4. The molecule has 2 fully saturated rings. The monoisotopic (exact) mass is 342 g/mol. The van der Waals surface area contributed by atoms with Crippen LogP contribution in [0.1, 0.15) is 84.5 Å². The van der Waals surface area contributed by atoms with Gasteiger partial charge in [-0.3, -0.25) is 9.80 Å². The normalized spacial score (nSPS) is 24.2. The van der Waals surface area contributed by atoms with E-state index < -0.39 is 0 Å². The van der Waals surface area contributed by atoms with E-state index in [-0.39, 0.29) is 0 Å². The smallest absolute Gasteiger partial charge is 0.0610 e. The molecule has 0 radical (unpaired) electrons. The third kappa shape index (κ3) is 5.60. The summed E-state index contributed by atoms with van der Waals surface area (Å²) in [6.45, 7) is 7.83. The van der Waals surface area contributed by atoms with Crippen molar-refractivity contribution in [3.63, 3.8) is 0 Å². The Hall–Kier alpha value is -0.780. The molecule has 0 aromatic carbocycles. The van der Waals surface area contributed by atoms with Crippen molar-refractivity contribution in [1.82, 2.24) is 9.80 Å². The highest BCUT2D eigenvalue weighted by atomic mass is 15.2. The second-order valence-corrected chi connectivity index (χ2v) is 8.63. The molecule has 1 aliphatic heterocycles. The van der Waals surface area contributed by atoms with Crippen LogP contribution in [0.3, 0.4) is 0 Å². The standard InChI is InChI=1S/C23H38N2/c1-20(2)24-18-15-21(16-19-24)10-9-17-25(22-11-5-3-6-12-22)23-13-7-4-8-14-23/h15,20,22-23H,3-8,11-14,16-19H2,1-2H3. The van der Waals surface area contributed by atoms with Crippen LogP contribution in [0.25, 0.3) is 0 Å². The Labute approximate surface area is 156 Å². The van der Waals surface area contributed by atoms with Crippen LogP contribution >= 0.6 is 0 Å². The van der Waals surface area contributed by atoms with Crippen molar-refractivity contribution in [3.05, 3.63) is 11.6 Å². The molecule has 3 rings (SSSR count). The van der Waals surface area contributed by atoms with Gasteiger partial charge in [0.25, 0.3) is 0 Å². The van der Waals surface area contributed by atoms with Gasteiger partial charge in [0.15, 0.2) is 0 Å². The van der Waals surface area contributed by atoms with Gasteiger partial charge in [0.1, 0.15) is 0 Å². The van der Waals surface area contributed by atoms with E-state index in [0.29, 0.717) is 6.04 Å². The van der Waals surface area contributed by atoms with Gasteiger partial charge in [0.2, 0.25) is 0 Å². The highest BCUT2D eigenvalue weighted by Crippen LogP contribution is 2.29. The average molecular weight is 343 g/mol. The van der Waals surface area contributed by atoms with Crippen LogP contribution in [0.2, 0.25) is 0 Å². The summed E-state index contributed by atoms with van der Waals surface area (Å²) >= 11 is 0. The van der Waals surface area contributed by atoms with E-state index in [2.05, 4.69) is 41.6 Å². The minimum atomic E-state index is 0.652. The largest absolute Gasteiger partial charge is 0.297 e. The molecule has 25 heavy (non-hydrogen) atoms. The molecule has 0 amide bonds. The van der Waals surface area contributed by atoms with Crippen molar-refractivity contribution < 1.29 is 0 Å². The van der Waals surface area contributed by atoms with Crippen LogP contribution in [0, 0.1) is 11.8 Å². The number of hydrogen-bond acceptors (Lipinski definition) is 2. The highest BCUT2D eigenvalue weighted by Gasteiger charge is 2.28. The Morgan fingerprint density at radius 2 is 1.60 bits per heavy atom. The minimum absolute atomic E-state index is 0.652. The quantitative estimate of drug-likeness (QED) is 0.664. The fraction of sp³-hybridized carbons (Fsp3) is 0.826. The first-order valence-electron chi connectivity index (χ1n) is 10.9. The Morgan fingerprint density at radius 3 is 2.08 bits per heavy atom. The van der Waals surface area contributed by atoms with Gasteiger partial charge in [0.05, 0.1) is 6.54 Å². The van der Waals surface area contributed by atoms with Gasteiger partial charge in [-0.05, 0) is 46.0 Å². The van der Waals surface area contributed by atoms with Gasteiger partial charge in [-0.25, -0.2) is 0 Å². The molecule has 0 unspecified atom stereocenters. The molecule has 2 nitrogen and oxygen atoms in total. The van der Waals surface area contributed by atoms with Gasteiger partial charge in [-0.2, -0.15) is 0 Å². The fourth-order valence-corrected chi connectivity index (χ4v) is 4.89. The zero-order chi connectivity index (χ0) is 17.5. The van der Waals surface area contributed by atoms with Crippen molar-refractivity contribution in [2.45, 2.75) is 103 Å². The van der Waals surface area contributed by atoms with E-state index in [9.17, 15) is 0 Å². The third-order valence-corrected chi connectivity index (χ3v) is 6.57. The Morgan fingerprint density at radius 1 is 1.00 bits per heavy atom. The first-order chi connectivity index (χ1) is 12.2. The molecule has 0 saturated heterocycles. The van der Waals surface area contributed by atoms with Crippen LogP contribution in [-0.4, -0.2) is 47.6 Å². The molecule has 2 heteroatoms. The SMILES string of the molecule is CC(C)N1CC=C(C#CCN(C2CCCCC2)C2CCCCC2)CC1. The van der Waals surface area contributed by atoms with Crippen molar-refractivity contribution in [1.29, 1.82) is 0 Å². The van der Waals surface area contributed by atoms with Crippen LogP contribution in [-0.2, 0) is 0 Å². The summed E-state index contributed by atoms with van der Waals surface area (Å²) in [6, 6.07) is 2.27. The van der Waals surface area contributed by atoms with Crippen LogP contribution < -0.4 is 0 Å². The molecular formula is C23H38N2. The molecule has 140 valence electrons. The Bertz CT molecular complexity index is 466. The molecule has 0 N–H and O–H groups in total. The maximum absolute atomic E-state index is 3.58. The molecule has 1 heterocycles. The van der Waals surface area contributed by atoms with E-state index in [1.807, 2.05) is 0 Å². The van der Waals surface area contributed by atoms with E-state index in [0.717, 1.165) is 31.6 Å². The lowest BCUT2D eigenvalue weighted by atomic mass is 9.88. The summed E-state index contributed by atoms with van der Waals surface area (Å²) in [6.07, 6.45) is 17.7. The number of hydrogen-bond donors (Lipinski definition) is 0. The lowest BCUT2D eigenvalue weighted by Gasteiger charge is -2.40. The zero-order valence-corrected chi connectivity index (χ0v) is 16.6. The second-order valence-electron chi connectivity index (χ2n) is 8.63. The molecule has 0 atom stereocenters. The predicted molar refractivity (Wildman–Crippen MR) is 108 cm³/mol. The highest BCUT2D eigenvalue weighted by molar-refractivity contribution is 5.31. The summed E-state index contributed by atoms with van der Waals surface area (Å²) < 4.78 is 0. The Kier molecular flexibility index (Phi) is 7.44. The topological polar surface area (TPSA) is 6.48 Å². The molecule has 2 saturated carbocycles. The summed E-state index contributed by atoms with van der Waals surface area (Å²) in [4.78, 5) is 5.34. The van der Waals surface area contributed by atoms with Crippen molar-refractivity contribution in [2.75, 3.05) is 19.6 Å². The lowest BCUT2D eigenvalue weighted by molar-refractivity contribution is 0.0961. The fourth-order valence-electron chi connectivity index (χ4n) is 4.89. The van der Waals surface area contributed by atoms with Crippen molar-refractivity contribution in [2.24, 2.45) is 0 Å². The number of nitrogens with zero attached hydrogens (tertiary/aromatic N) is 2. The lowest BCUT2D eigenvalue weighted by Crippen LogP contribution is -2.45. The molecule has 0 spiro atoms. The van der Waals surface area contributed by atoms with E-state index in [4.69, 9.17) is 0 Å². The van der Waals surface area contributed by atoms with Gasteiger partial charge < -0.3 is 0 Å². The maximum Gasteiger partial charge on any atom is 0.0610 e. The van der Waals surface area contributed by atoms with Crippen molar-refractivity contribution >= 4 is 0 Å². The van der Waals surface area contributed by atoms with Gasteiger partial charge in [0, 0.05) is 36.8 Å². The van der Waals surface area contributed by atoms with Gasteiger partial charge in [-0.15, -0.1) is 0 Å². The maximum atomic E-state index is 3.58. The predicted octanol–water partition coefficient (Wildman–Crippen LogP) is 5.00. The summed E-state index contributed by atoms with van der Waals surface area (Å²) in [7, 11) is 0. The first-order valence-corrected chi connectivity index (χ1v) is 10.9. The van der Waals surface area contributed by atoms with Gasteiger partial charge >= 0.3 is 0 Å². The molecule has 3 aliphatic rings. The average Bonchev–Trinajstić information content (AvgIpc) is 2.67.